The van der Waals surface area contributed by atoms with E-state index in [1.807, 2.05) is 6.92 Å². The lowest BCUT2D eigenvalue weighted by molar-refractivity contribution is -0.148. The molecule has 0 aromatic rings. The highest BCUT2D eigenvalue weighted by atomic mass is 16.5. The fraction of sp³-hybridized carbons (Fsp3) is 0.571. The van der Waals surface area contributed by atoms with E-state index < -0.39 is 12.1 Å². The van der Waals surface area contributed by atoms with Gasteiger partial charge in [0.1, 0.15) is 0 Å². The van der Waals surface area contributed by atoms with Crippen LogP contribution in [0.4, 0.5) is 0 Å². The van der Waals surface area contributed by atoms with Crippen LogP contribution in [-0.2, 0) is 9.53 Å². The van der Waals surface area contributed by atoms with Gasteiger partial charge in [-0.1, -0.05) is 12.2 Å². The molecule has 0 heterocycles. The van der Waals surface area contributed by atoms with Gasteiger partial charge in [0.05, 0.1) is 0 Å². The number of aliphatic carboxylic acids is 1. The number of hydrogen-bond acceptors (Lipinski definition) is 2. The molecular weight excluding hydrogens is 132 g/mol. The highest BCUT2D eigenvalue weighted by molar-refractivity contribution is 5.72. The van der Waals surface area contributed by atoms with Crippen LogP contribution in [-0.4, -0.2) is 24.3 Å². The number of carboxylic acid groups (broad SMARTS) is 1. The molecule has 58 valence electrons. The number of ether oxygens (including phenoxy) is 1. The maximum absolute atomic E-state index is 10.3. The van der Waals surface area contributed by atoms with Crippen molar-refractivity contribution in [3.8, 4) is 0 Å². The molecule has 0 amide bonds. The molecule has 0 aromatic carbocycles. The van der Waals surface area contributed by atoms with Crippen molar-refractivity contribution in [1.29, 1.82) is 0 Å². The van der Waals surface area contributed by atoms with E-state index in [-0.39, 0.29) is 0 Å². The van der Waals surface area contributed by atoms with Crippen molar-refractivity contribution >= 4 is 5.97 Å². The maximum Gasteiger partial charge on any atom is 0.333 e. The monoisotopic (exact) mass is 144 g/mol. The molecule has 10 heavy (non-hydrogen) atoms. The van der Waals surface area contributed by atoms with Crippen LogP contribution < -0.4 is 0 Å². The van der Waals surface area contributed by atoms with Crippen molar-refractivity contribution in [2.24, 2.45) is 0 Å². The molecule has 0 bridgehead atoms. The third-order valence-corrected chi connectivity index (χ3v) is 1.15. The standard InChI is InChI=1S/C7H12O3/c1-3-4-5-6(10-2)7(8)9/h3-4,6H,5H2,1-2H3,(H,8,9)/b4-3+. The Kier molecular flexibility index (Phi) is 4.58. The zero-order chi connectivity index (χ0) is 7.98. The molecule has 3 heteroatoms. The first-order valence-corrected chi connectivity index (χ1v) is 3.09. The van der Waals surface area contributed by atoms with Gasteiger partial charge in [0.25, 0.3) is 0 Å². The van der Waals surface area contributed by atoms with Crippen LogP contribution in [0.1, 0.15) is 13.3 Å². The molecule has 0 aliphatic rings. The Morgan fingerprint density at radius 1 is 1.80 bits per heavy atom. The summed E-state index contributed by atoms with van der Waals surface area (Å²) >= 11 is 0. The number of rotatable bonds is 4. The molecule has 0 rings (SSSR count). The minimum Gasteiger partial charge on any atom is -0.479 e. The molecule has 1 atom stereocenters. The van der Waals surface area contributed by atoms with Gasteiger partial charge in [-0.3, -0.25) is 0 Å². The lowest BCUT2D eigenvalue weighted by atomic mass is 10.2. The topological polar surface area (TPSA) is 46.5 Å². The molecule has 0 aliphatic heterocycles. The second-order valence-electron chi connectivity index (χ2n) is 1.87. The van der Waals surface area contributed by atoms with Crippen molar-refractivity contribution < 1.29 is 14.6 Å². The molecule has 1 unspecified atom stereocenters. The quantitative estimate of drug-likeness (QED) is 0.600. The number of hydrogen-bond donors (Lipinski definition) is 1. The minimum atomic E-state index is -0.916. The summed E-state index contributed by atoms with van der Waals surface area (Å²) in [5.74, 6) is -0.916. The van der Waals surface area contributed by atoms with Crippen molar-refractivity contribution in [1.82, 2.24) is 0 Å². The van der Waals surface area contributed by atoms with Crippen molar-refractivity contribution in [3.63, 3.8) is 0 Å². The van der Waals surface area contributed by atoms with Crippen molar-refractivity contribution in [2.75, 3.05) is 7.11 Å². The van der Waals surface area contributed by atoms with Gasteiger partial charge < -0.3 is 9.84 Å². The summed E-state index contributed by atoms with van der Waals surface area (Å²) in [6.07, 6.45) is 3.30. The van der Waals surface area contributed by atoms with E-state index in [1.165, 1.54) is 7.11 Å². The van der Waals surface area contributed by atoms with Crippen LogP contribution >= 0.6 is 0 Å². The van der Waals surface area contributed by atoms with Crippen LogP contribution in [0.25, 0.3) is 0 Å². The van der Waals surface area contributed by atoms with Crippen LogP contribution in [0, 0.1) is 0 Å². The molecule has 1 N–H and O–H groups in total. The average molecular weight is 144 g/mol. The highest BCUT2D eigenvalue weighted by Gasteiger charge is 2.12. The second kappa shape index (κ2) is 4.99. The zero-order valence-electron chi connectivity index (χ0n) is 6.20. The lowest BCUT2D eigenvalue weighted by Crippen LogP contribution is -2.21. The Bertz CT molecular complexity index is 129. The first kappa shape index (κ1) is 9.17. The van der Waals surface area contributed by atoms with E-state index in [1.54, 1.807) is 12.2 Å². The van der Waals surface area contributed by atoms with Crippen LogP contribution in [0.5, 0.6) is 0 Å². The molecule has 0 saturated heterocycles. The van der Waals surface area contributed by atoms with E-state index in [2.05, 4.69) is 4.74 Å². The van der Waals surface area contributed by atoms with Crippen LogP contribution in [0.2, 0.25) is 0 Å². The van der Waals surface area contributed by atoms with Crippen molar-refractivity contribution in [2.45, 2.75) is 19.4 Å². The summed E-state index contributed by atoms with van der Waals surface area (Å²) in [6.45, 7) is 1.84. The Balaban J connectivity index is 3.71. The van der Waals surface area contributed by atoms with Gasteiger partial charge >= 0.3 is 5.97 Å². The van der Waals surface area contributed by atoms with Gasteiger partial charge in [-0.2, -0.15) is 0 Å². The van der Waals surface area contributed by atoms with Gasteiger partial charge in [-0.05, 0) is 6.92 Å². The number of allylic oxidation sites excluding steroid dienone is 1. The van der Waals surface area contributed by atoms with Crippen molar-refractivity contribution in [3.05, 3.63) is 12.2 Å². The molecule has 3 nitrogen and oxygen atoms in total. The molecule has 0 saturated carbocycles. The van der Waals surface area contributed by atoms with E-state index in [0.29, 0.717) is 6.42 Å². The van der Waals surface area contributed by atoms with E-state index in [4.69, 9.17) is 5.11 Å². The van der Waals surface area contributed by atoms with E-state index >= 15 is 0 Å². The summed E-state index contributed by atoms with van der Waals surface area (Å²) in [5.41, 5.74) is 0. The zero-order valence-corrected chi connectivity index (χ0v) is 6.20. The summed E-state index contributed by atoms with van der Waals surface area (Å²) in [5, 5.41) is 8.44. The first-order chi connectivity index (χ1) is 4.72. The maximum atomic E-state index is 10.3. The summed E-state index contributed by atoms with van der Waals surface area (Å²) in [4.78, 5) is 10.3. The van der Waals surface area contributed by atoms with Gasteiger partial charge in [-0.15, -0.1) is 0 Å². The Labute approximate surface area is 60.3 Å². The Hall–Kier alpha value is -0.830. The predicted molar refractivity (Wildman–Crippen MR) is 37.9 cm³/mol. The third-order valence-electron chi connectivity index (χ3n) is 1.15. The van der Waals surface area contributed by atoms with E-state index in [9.17, 15) is 4.79 Å². The molecule has 0 radical (unpaired) electrons. The summed E-state index contributed by atoms with van der Waals surface area (Å²) < 4.78 is 4.66. The summed E-state index contributed by atoms with van der Waals surface area (Å²) in [7, 11) is 1.39. The SMILES string of the molecule is C/C=C/CC(OC)C(=O)O. The smallest absolute Gasteiger partial charge is 0.333 e. The number of methoxy groups -OCH3 is 1. The second-order valence-corrected chi connectivity index (χ2v) is 1.87. The average Bonchev–Trinajstić information content (AvgIpc) is 1.89. The predicted octanol–water partition coefficient (Wildman–Crippen LogP) is 1.05. The fourth-order valence-corrected chi connectivity index (χ4v) is 0.558. The highest BCUT2D eigenvalue weighted by Crippen LogP contribution is 1.97. The normalized spacial score (nSPS) is 13.8. The van der Waals surface area contributed by atoms with Crippen LogP contribution in [0.15, 0.2) is 12.2 Å². The molecule has 0 aliphatic carbocycles. The number of carbonyl (C=O) groups is 1. The Morgan fingerprint density at radius 2 is 2.40 bits per heavy atom. The summed E-state index contributed by atoms with van der Waals surface area (Å²) in [6, 6.07) is 0. The molecular formula is C7H12O3. The largest absolute Gasteiger partial charge is 0.479 e. The lowest BCUT2D eigenvalue weighted by Gasteiger charge is -2.05. The minimum absolute atomic E-state index is 0.433. The fourth-order valence-electron chi connectivity index (χ4n) is 0.558. The third kappa shape index (κ3) is 3.25. The van der Waals surface area contributed by atoms with Gasteiger partial charge in [0, 0.05) is 13.5 Å². The van der Waals surface area contributed by atoms with Gasteiger partial charge in [0.2, 0.25) is 0 Å². The Morgan fingerprint density at radius 3 is 2.70 bits per heavy atom. The van der Waals surface area contributed by atoms with Gasteiger partial charge in [0.15, 0.2) is 6.10 Å². The molecule has 0 spiro atoms. The van der Waals surface area contributed by atoms with Crippen LogP contribution in [0.3, 0.4) is 0 Å². The number of carboxylic acids is 1. The van der Waals surface area contributed by atoms with Gasteiger partial charge in [-0.25, -0.2) is 4.79 Å². The molecule has 0 aromatic heterocycles. The first-order valence-electron chi connectivity index (χ1n) is 3.09. The molecule has 0 fully saturated rings. The van der Waals surface area contributed by atoms with E-state index in [0.717, 1.165) is 0 Å².